The van der Waals surface area contributed by atoms with Crippen LogP contribution in [0.1, 0.15) is 37.7 Å². The third kappa shape index (κ3) is 6.04. The predicted molar refractivity (Wildman–Crippen MR) is 83.3 cm³/mol. The number of carbonyl (C=O) groups excluding carboxylic acids is 1. The van der Waals surface area contributed by atoms with Crippen molar-refractivity contribution in [3.8, 4) is 11.5 Å². The zero-order valence-electron chi connectivity index (χ0n) is 13.0. The standard InChI is InChI=1S/C16H26N2O3/c1-18(16(20)7-5-3-4-6-10-17)12-13-8-9-15(21-2)14(19)11-13/h8-9,11,19H,3-7,10,12,17H2,1-2H3. The van der Waals surface area contributed by atoms with E-state index in [1.165, 1.54) is 7.11 Å². The summed E-state index contributed by atoms with van der Waals surface area (Å²) >= 11 is 0. The number of carbonyl (C=O) groups is 1. The molecule has 0 atom stereocenters. The lowest BCUT2D eigenvalue weighted by atomic mass is 10.1. The number of nitrogens with two attached hydrogens (primary N) is 1. The smallest absolute Gasteiger partial charge is 0.222 e. The molecule has 118 valence electrons. The molecule has 3 N–H and O–H groups in total. The molecular weight excluding hydrogens is 268 g/mol. The highest BCUT2D eigenvalue weighted by atomic mass is 16.5. The van der Waals surface area contributed by atoms with Crippen molar-refractivity contribution in [1.29, 1.82) is 0 Å². The zero-order chi connectivity index (χ0) is 15.7. The highest BCUT2D eigenvalue weighted by Gasteiger charge is 2.10. The number of rotatable bonds is 9. The van der Waals surface area contributed by atoms with Gasteiger partial charge in [-0.25, -0.2) is 0 Å². The first-order valence-corrected chi connectivity index (χ1v) is 7.38. The zero-order valence-corrected chi connectivity index (χ0v) is 13.0. The molecule has 0 fully saturated rings. The first kappa shape index (κ1) is 17.3. The molecule has 1 aromatic carbocycles. The number of amides is 1. The Kier molecular flexibility index (Phi) is 7.61. The van der Waals surface area contributed by atoms with Crippen molar-refractivity contribution in [2.24, 2.45) is 5.73 Å². The fourth-order valence-corrected chi connectivity index (χ4v) is 2.16. The van der Waals surface area contributed by atoms with E-state index in [4.69, 9.17) is 10.5 Å². The van der Waals surface area contributed by atoms with Gasteiger partial charge >= 0.3 is 0 Å². The third-order valence-corrected chi connectivity index (χ3v) is 3.43. The molecule has 1 aromatic rings. The van der Waals surface area contributed by atoms with Crippen LogP contribution in [-0.4, -0.2) is 36.6 Å². The summed E-state index contributed by atoms with van der Waals surface area (Å²) < 4.78 is 5.00. The number of nitrogens with zero attached hydrogens (tertiary/aromatic N) is 1. The number of methoxy groups -OCH3 is 1. The van der Waals surface area contributed by atoms with Gasteiger partial charge in [0.05, 0.1) is 7.11 Å². The molecule has 5 nitrogen and oxygen atoms in total. The average molecular weight is 294 g/mol. The van der Waals surface area contributed by atoms with Gasteiger partial charge in [-0.3, -0.25) is 4.79 Å². The van der Waals surface area contributed by atoms with Gasteiger partial charge in [0.1, 0.15) is 0 Å². The van der Waals surface area contributed by atoms with Crippen LogP contribution in [0.15, 0.2) is 18.2 Å². The van der Waals surface area contributed by atoms with Crippen LogP contribution < -0.4 is 10.5 Å². The molecule has 0 aliphatic heterocycles. The van der Waals surface area contributed by atoms with Crippen LogP contribution in [-0.2, 0) is 11.3 Å². The van der Waals surface area contributed by atoms with Gasteiger partial charge < -0.3 is 20.5 Å². The number of phenols is 1. The molecule has 0 radical (unpaired) electrons. The minimum absolute atomic E-state index is 0.0950. The lowest BCUT2D eigenvalue weighted by molar-refractivity contribution is -0.130. The second-order valence-electron chi connectivity index (χ2n) is 5.21. The SMILES string of the molecule is COc1ccc(CN(C)C(=O)CCCCCCN)cc1O. The average Bonchev–Trinajstić information content (AvgIpc) is 2.47. The second kappa shape index (κ2) is 9.23. The number of unbranched alkanes of at least 4 members (excludes halogenated alkanes) is 3. The van der Waals surface area contributed by atoms with Gasteiger partial charge in [-0.05, 0) is 37.1 Å². The van der Waals surface area contributed by atoms with Crippen molar-refractivity contribution in [3.05, 3.63) is 23.8 Å². The summed E-state index contributed by atoms with van der Waals surface area (Å²) in [5.74, 6) is 0.656. The number of ether oxygens (including phenoxy) is 1. The van der Waals surface area contributed by atoms with Crippen molar-refractivity contribution in [2.75, 3.05) is 20.7 Å². The molecule has 0 aliphatic rings. The summed E-state index contributed by atoms with van der Waals surface area (Å²) in [5, 5.41) is 9.73. The quantitative estimate of drug-likeness (QED) is 0.685. The molecule has 1 amide bonds. The maximum Gasteiger partial charge on any atom is 0.222 e. The van der Waals surface area contributed by atoms with Crippen LogP contribution in [0.25, 0.3) is 0 Å². The Balaban J connectivity index is 2.39. The van der Waals surface area contributed by atoms with E-state index < -0.39 is 0 Å². The summed E-state index contributed by atoms with van der Waals surface area (Å²) in [4.78, 5) is 13.7. The fraction of sp³-hybridized carbons (Fsp3) is 0.562. The topological polar surface area (TPSA) is 75.8 Å². The van der Waals surface area contributed by atoms with Crippen LogP contribution in [0.4, 0.5) is 0 Å². The molecule has 0 aromatic heterocycles. The maximum absolute atomic E-state index is 12.0. The van der Waals surface area contributed by atoms with E-state index in [2.05, 4.69) is 0 Å². The van der Waals surface area contributed by atoms with Crippen LogP contribution >= 0.6 is 0 Å². The van der Waals surface area contributed by atoms with Gasteiger partial charge in [0.15, 0.2) is 11.5 Å². The molecule has 0 bridgehead atoms. The van der Waals surface area contributed by atoms with E-state index >= 15 is 0 Å². The number of hydrogen-bond donors (Lipinski definition) is 2. The Morgan fingerprint density at radius 1 is 1.29 bits per heavy atom. The molecule has 21 heavy (non-hydrogen) atoms. The highest BCUT2D eigenvalue weighted by molar-refractivity contribution is 5.75. The summed E-state index contributed by atoms with van der Waals surface area (Å²) in [6.45, 7) is 1.20. The molecule has 0 heterocycles. The normalized spacial score (nSPS) is 10.4. The van der Waals surface area contributed by atoms with Crippen molar-refractivity contribution < 1.29 is 14.6 Å². The Hall–Kier alpha value is -1.75. The number of benzene rings is 1. The van der Waals surface area contributed by atoms with Crippen LogP contribution in [0, 0.1) is 0 Å². The number of aromatic hydroxyl groups is 1. The van der Waals surface area contributed by atoms with Crippen LogP contribution in [0.2, 0.25) is 0 Å². The van der Waals surface area contributed by atoms with Gasteiger partial charge in [-0.2, -0.15) is 0 Å². The lowest BCUT2D eigenvalue weighted by Crippen LogP contribution is -2.25. The fourth-order valence-electron chi connectivity index (χ4n) is 2.16. The van der Waals surface area contributed by atoms with E-state index in [0.717, 1.165) is 37.8 Å². The van der Waals surface area contributed by atoms with E-state index in [-0.39, 0.29) is 11.7 Å². The van der Waals surface area contributed by atoms with E-state index in [9.17, 15) is 9.90 Å². The van der Waals surface area contributed by atoms with Crippen molar-refractivity contribution in [3.63, 3.8) is 0 Å². The monoisotopic (exact) mass is 294 g/mol. The van der Waals surface area contributed by atoms with Gasteiger partial charge in [-0.1, -0.05) is 18.9 Å². The molecule has 5 heteroatoms. The first-order valence-electron chi connectivity index (χ1n) is 7.38. The first-order chi connectivity index (χ1) is 10.1. The van der Waals surface area contributed by atoms with E-state index in [1.807, 2.05) is 6.07 Å². The Bertz CT molecular complexity index is 449. The molecule has 0 saturated carbocycles. The highest BCUT2D eigenvalue weighted by Crippen LogP contribution is 2.26. The summed E-state index contributed by atoms with van der Waals surface area (Å²) in [7, 11) is 3.29. The maximum atomic E-state index is 12.0. The van der Waals surface area contributed by atoms with Crippen molar-refractivity contribution >= 4 is 5.91 Å². The Labute approximate surface area is 126 Å². The molecule has 0 spiro atoms. The van der Waals surface area contributed by atoms with E-state index in [1.54, 1.807) is 24.1 Å². The minimum atomic E-state index is 0.0950. The van der Waals surface area contributed by atoms with Crippen molar-refractivity contribution in [1.82, 2.24) is 4.90 Å². The number of hydrogen-bond acceptors (Lipinski definition) is 4. The Morgan fingerprint density at radius 3 is 2.62 bits per heavy atom. The summed E-state index contributed by atoms with van der Waals surface area (Å²) in [5.41, 5.74) is 6.31. The predicted octanol–water partition coefficient (Wildman–Crippen LogP) is 2.27. The second-order valence-corrected chi connectivity index (χ2v) is 5.21. The van der Waals surface area contributed by atoms with Crippen LogP contribution in [0.5, 0.6) is 11.5 Å². The van der Waals surface area contributed by atoms with Gasteiger partial charge in [0, 0.05) is 20.0 Å². The lowest BCUT2D eigenvalue weighted by Gasteiger charge is -2.17. The van der Waals surface area contributed by atoms with Gasteiger partial charge in [-0.15, -0.1) is 0 Å². The Morgan fingerprint density at radius 2 is 2.00 bits per heavy atom. The van der Waals surface area contributed by atoms with Gasteiger partial charge in [0.25, 0.3) is 0 Å². The molecular formula is C16H26N2O3. The van der Waals surface area contributed by atoms with Crippen molar-refractivity contribution in [2.45, 2.75) is 38.6 Å². The third-order valence-electron chi connectivity index (χ3n) is 3.43. The summed E-state index contributed by atoms with van der Waals surface area (Å²) in [6.07, 6.45) is 4.61. The van der Waals surface area contributed by atoms with E-state index in [0.29, 0.717) is 18.7 Å². The number of phenolic OH excluding ortho intramolecular Hbond substituents is 1. The van der Waals surface area contributed by atoms with Gasteiger partial charge in [0.2, 0.25) is 5.91 Å². The molecule has 1 rings (SSSR count). The molecule has 0 unspecified atom stereocenters. The summed E-state index contributed by atoms with van der Waals surface area (Å²) in [6, 6.07) is 5.18. The molecule has 0 saturated heterocycles. The molecule has 0 aliphatic carbocycles. The minimum Gasteiger partial charge on any atom is -0.504 e. The van der Waals surface area contributed by atoms with Crippen LogP contribution in [0.3, 0.4) is 0 Å². The largest absolute Gasteiger partial charge is 0.504 e.